The van der Waals surface area contributed by atoms with Gasteiger partial charge in [0.05, 0.1) is 30.3 Å². The molecule has 2 aromatic heterocycles. The summed E-state index contributed by atoms with van der Waals surface area (Å²) in [5, 5.41) is 4.01. The molecular formula is C20H22N4O2. The largest absolute Gasteiger partial charge is 0.490 e. The highest BCUT2D eigenvalue weighted by atomic mass is 16.5. The van der Waals surface area contributed by atoms with Crippen molar-refractivity contribution >= 4 is 0 Å². The van der Waals surface area contributed by atoms with Crippen LogP contribution in [0.4, 0.5) is 0 Å². The van der Waals surface area contributed by atoms with Crippen LogP contribution in [0.2, 0.25) is 0 Å². The zero-order valence-electron chi connectivity index (χ0n) is 14.8. The fourth-order valence-electron chi connectivity index (χ4n) is 3.48. The molecule has 0 saturated carbocycles. The van der Waals surface area contributed by atoms with Gasteiger partial charge in [-0.3, -0.25) is 4.90 Å². The van der Waals surface area contributed by atoms with Crippen LogP contribution in [-0.4, -0.2) is 33.2 Å². The smallest absolute Gasteiger partial charge is 0.150 e. The summed E-state index contributed by atoms with van der Waals surface area (Å²) in [7, 11) is 0. The molecule has 134 valence electrons. The second kappa shape index (κ2) is 7.17. The van der Waals surface area contributed by atoms with E-state index in [1.807, 2.05) is 25.1 Å². The van der Waals surface area contributed by atoms with Crippen molar-refractivity contribution < 1.29 is 9.26 Å². The topological polar surface area (TPSA) is 67.2 Å². The molecule has 4 rings (SSSR count). The average Bonchev–Trinajstić information content (AvgIpc) is 3.29. The summed E-state index contributed by atoms with van der Waals surface area (Å²) in [5.41, 5.74) is 4.30. The lowest BCUT2D eigenvalue weighted by Gasteiger charge is -2.34. The minimum absolute atomic E-state index is 0.0442. The maximum Gasteiger partial charge on any atom is 0.150 e. The molecule has 0 bridgehead atoms. The zero-order chi connectivity index (χ0) is 17.9. The van der Waals surface area contributed by atoms with Crippen LogP contribution in [0.1, 0.15) is 34.4 Å². The molecule has 0 saturated heterocycles. The summed E-state index contributed by atoms with van der Waals surface area (Å²) in [5.74, 6) is 1.70. The Kier molecular flexibility index (Phi) is 4.58. The predicted molar refractivity (Wildman–Crippen MR) is 97.9 cm³/mol. The Hall–Kier alpha value is -2.86. The molecule has 0 radical (unpaired) electrons. The summed E-state index contributed by atoms with van der Waals surface area (Å²) in [6, 6.07) is 10.2. The van der Waals surface area contributed by atoms with E-state index in [-0.39, 0.29) is 6.04 Å². The van der Waals surface area contributed by atoms with Crippen molar-refractivity contribution in [2.45, 2.75) is 25.9 Å². The van der Waals surface area contributed by atoms with Gasteiger partial charge >= 0.3 is 0 Å². The second-order valence-corrected chi connectivity index (χ2v) is 6.50. The van der Waals surface area contributed by atoms with Gasteiger partial charge in [0.2, 0.25) is 0 Å². The molecule has 0 unspecified atom stereocenters. The molecule has 1 N–H and O–H groups in total. The molecule has 1 aliphatic heterocycles. The summed E-state index contributed by atoms with van der Waals surface area (Å²) >= 11 is 0. The first-order chi connectivity index (χ1) is 12.7. The Bertz CT molecular complexity index is 899. The van der Waals surface area contributed by atoms with Crippen molar-refractivity contribution in [3.05, 3.63) is 77.7 Å². The number of H-pyrrole nitrogens is 1. The number of aryl methyl sites for hydroxylation is 1. The van der Waals surface area contributed by atoms with Crippen LogP contribution in [-0.2, 0) is 13.0 Å². The summed E-state index contributed by atoms with van der Waals surface area (Å²) in [4.78, 5) is 10.3. The van der Waals surface area contributed by atoms with E-state index in [1.54, 1.807) is 12.4 Å². The van der Waals surface area contributed by atoms with Gasteiger partial charge in [-0.2, -0.15) is 0 Å². The molecule has 0 spiro atoms. The minimum Gasteiger partial charge on any atom is -0.490 e. The highest BCUT2D eigenvalue weighted by molar-refractivity contribution is 5.37. The highest BCUT2D eigenvalue weighted by Gasteiger charge is 2.31. The van der Waals surface area contributed by atoms with E-state index >= 15 is 0 Å². The number of nitrogens with one attached hydrogen (secondary N) is 1. The molecule has 1 atom stereocenters. The van der Waals surface area contributed by atoms with E-state index in [9.17, 15) is 0 Å². The van der Waals surface area contributed by atoms with Crippen molar-refractivity contribution in [2.75, 3.05) is 13.2 Å². The molecule has 6 heteroatoms. The first-order valence-corrected chi connectivity index (χ1v) is 8.76. The van der Waals surface area contributed by atoms with Crippen molar-refractivity contribution in [3.8, 4) is 5.75 Å². The third-order valence-corrected chi connectivity index (χ3v) is 4.60. The quantitative estimate of drug-likeness (QED) is 0.690. The van der Waals surface area contributed by atoms with E-state index < -0.39 is 0 Å². The second-order valence-electron chi connectivity index (χ2n) is 6.50. The number of benzene rings is 1. The lowest BCUT2D eigenvalue weighted by atomic mass is 9.95. The zero-order valence-corrected chi connectivity index (χ0v) is 14.8. The molecule has 0 fully saturated rings. The molecule has 0 aliphatic carbocycles. The molecule has 6 nitrogen and oxygen atoms in total. The van der Waals surface area contributed by atoms with Crippen LogP contribution in [0, 0.1) is 6.92 Å². The number of fused-ring (bicyclic) bond motifs is 1. The van der Waals surface area contributed by atoms with Crippen LogP contribution < -0.4 is 4.74 Å². The molecule has 1 aromatic carbocycles. The summed E-state index contributed by atoms with van der Waals surface area (Å²) in [6.45, 7) is 7.74. The maximum atomic E-state index is 5.72. The van der Waals surface area contributed by atoms with Gasteiger partial charge in [-0.15, -0.1) is 0 Å². The van der Waals surface area contributed by atoms with Gasteiger partial charge in [0.1, 0.15) is 12.4 Å². The molecule has 3 heterocycles. The van der Waals surface area contributed by atoms with E-state index in [0.29, 0.717) is 13.2 Å². The summed E-state index contributed by atoms with van der Waals surface area (Å²) < 4.78 is 11.2. The van der Waals surface area contributed by atoms with Crippen molar-refractivity contribution in [2.24, 2.45) is 0 Å². The van der Waals surface area contributed by atoms with Gasteiger partial charge in [-0.25, -0.2) is 4.98 Å². The first-order valence-electron chi connectivity index (χ1n) is 8.76. The molecule has 3 aromatic rings. The number of imidazole rings is 1. The van der Waals surface area contributed by atoms with Gasteiger partial charge in [0.25, 0.3) is 0 Å². The van der Waals surface area contributed by atoms with Crippen molar-refractivity contribution in [1.82, 2.24) is 20.0 Å². The van der Waals surface area contributed by atoms with Crippen LogP contribution in [0.25, 0.3) is 0 Å². The Morgan fingerprint density at radius 3 is 3.15 bits per heavy atom. The van der Waals surface area contributed by atoms with Gasteiger partial charge in [-0.1, -0.05) is 29.9 Å². The Morgan fingerprint density at radius 1 is 1.42 bits per heavy atom. The van der Waals surface area contributed by atoms with Crippen LogP contribution in [0.15, 0.2) is 53.8 Å². The third-order valence-electron chi connectivity index (χ3n) is 4.60. The Morgan fingerprint density at radius 2 is 2.35 bits per heavy atom. The summed E-state index contributed by atoms with van der Waals surface area (Å²) in [6.07, 6.45) is 4.46. The Labute approximate surface area is 152 Å². The fourth-order valence-corrected chi connectivity index (χ4v) is 3.48. The van der Waals surface area contributed by atoms with Gasteiger partial charge in [-0.05, 0) is 24.6 Å². The monoisotopic (exact) mass is 350 g/mol. The van der Waals surface area contributed by atoms with Crippen LogP contribution in [0.3, 0.4) is 0 Å². The maximum absolute atomic E-state index is 5.72. The van der Waals surface area contributed by atoms with E-state index in [0.717, 1.165) is 41.4 Å². The molecule has 0 amide bonds. The third kappa shape index (κ3) is 3.28. The van der Waals surface area contributed by atoms with E-state index in [1.165, 1.54) is 5.69 Å². The molecule has 1 aliphatic rings. The Balaban J connectivity index is 1.68. The number of hydrogen-bond acceptors (Lipinski definition) is 5. The van der Waals surface area contributed by atoms with E-state index in [2.05, 4.69) is 38.7 Å². The van der Waals surface area contributed by atoms with Crippen molar-refractivity contribution in [3.63, 3.8) is 0 Å². The molecule has 26 heavy (non-hydrogen) atoms. The number of aromatic nitrogens is 3. The van der Waals surface area contributed by atoms with Gasteiger partial charge in [0.15, 0.2) is 5.76 Å². The normalized spacial score (nSPS) is 17.0. The predicted octanol–water partition coefficient (Wildman–Crippen LogP) is 3.42. The highest BCUT2D eigenvalue weighted by Crippen LogP contribution is 2.35. The van der Waals surface area contributed by atoms with Gasteiger partial charge in [0, 0.05) is 24.7 Å². The number of aromatic amines is 1. The number of nitrogens with zero attached hydrogens (tertiary/aromatic N) is 3. The lowest BCUT2D eigenvalue weighted by Crippen LogP contribution is -2.35. The van der Waals surface area contributed by atoms with Crippen LogP contribution >= 0.6 is 0 Å². The average molecular weight is 350 g/mol. The van der Waals surface area contributed by atoms with Crippen LogP contribution in [0.5, 0.6) is 5.75 Å². The fraction of sp³-hybridized carbons (Fsp3) is 0.300. The molecular weight excluding hydrogens is 328 g/mol. The van der Waals surface area contributed by atoms with Gasteiger partial charge < -0.3 is 14.2 Å². The first kappa shape index (κ1) is 16.6. The minimum atomic E-state index is 0.0442. The number of hydrogen-bond donors (Lipinski definition) is 1. The number of rotatable bonds is 6. The lowest BCUT2D eigenvalue weighted by molar-refractivity contribution is 0.177. The SMILES string of the molecule is C=CCOc1cccc([C@H]2c3nc[nH]c3CCN2Cc2cc(C)no2)c1. The van der Waals surface area contributed by atoms with Crippen molar-refractivity contribution in [1.29, 1.82) is 0 Å². The van der Waals surface area contributed by atoms with E-state index in [4.69, 9.17) is 9.26 Å². The number of ether oxygens (including phenoxy) is 1. The standard InChI is InChI=1S/C20H22N4O2/c1-3-9-25-16-6-4-5-15(11-16)20-19-18(21-13-22-19)7-8-24(20)12-17-10-14(2)23-26-17/h3-6,10-11,13,20H,1,7-9,12H2,2H3,(H,21,22)/t20-/m0/s1.